The standard InChI is InChI=1S/C37H30N2OSi/c1-41(2,3)33-20-18-26(19-21-33)25-8-10-27(11-9-25)30-16-17-31-22-32(24-38-35(31)23-30)28-12-14-29(15-13-28)37-39-34-6-4-5-7-36(34)40-37/h4-24H,1-3H3. The van der Waals surface area contributed by atoms with E-state index >= 15 is 0 Å². The van der Waals surface area contributed by atoms with Crippen LogP contribution in [0.25, 0.3) is 66.8 Å². The van der Waals surface area contributed by atoms with Crippen molar-refractivity contribution in [1.82, 2.24) is 9.97 Å². The van der Waals surface area contributed by atoms with Gasteiger partial charge in [-0.05, 0) is 64.2 Å². The molecule has 0 N–H and O–H groups in total. The molecule has 198 valence electrons. The van der Waals surface area contributed by atoms with E-state index in [1.807, 2.05) is 30.5 Å². The predicted molar refractivity (Wildman–Crippen MR) is 174 cm³/mol. The van der Waals surface area contributed by atoms with Crippen LogP contribution in [0.2, 0.25) is 19.6 Å². The Bertz CT molecular complexity index is 1970. The fourth-order valence-electron chi connectivity index (χ4n) is 5.28. The van der Waals surface area contributed by atoms with Crippen LogP contribution in [0.5, 0.6) is 0 Å². The van der Waals surface area contributed by atoms with E-state index in [9.17, 15) is 0 Å². The van der Waals surface area contributed by atoms with E-state index in [0.29, 0.717) is 5.89 Å². The molecule has 41 heavy (non-hydrogen) atoms. The van der Waals surface area contributed by atoms with Crippen molar-refractivity contribution >= 4 is 35.3 Å². The van der Waals surface area contributed by atoms with Crippen molar-refractivity contribution in [3.63, 3.8) is 0 Å². The van der Waals surface area contributed by atoms with Gasteiger partial charge in [0.15, 0.2) is 5.58 Å². The summed E-state index contributed by atoms with van der Waals surface area (Å²) in [4.78, 5) is 9.43. The fourth-order valence-corrected chi connectivity index (χ4v) is 6.44. The van der Waals surface area contributed by atoms with Gasteiger partial charge >= 0.3 is 0 Å². The molecule has 2 heterocycles. The number of benzene rings is 5. The Morgan fingerprint density at radius 1 is 0.512 bits per heavy atom. The van der Waals surface area contributed by atoms with Gasteiger partial charge in [-0.15, -0.1) is 0 Å². The van der Waals surface area contributed by atoms with Crippen molar-refractivity contribution in [1.29, 1.82) is 0 Å². The number of aromatic nitrogens is 2. The van der Waals surface area contributed by atoms with Crippen molar-refractivity contribution in [3.8, 4) is 44.8 Å². The topological polar surface area (TPSA) is 38.9 Å². The summed E-state index contributed by atoms with van der Waals surface area (Å²) in [6, 6.07) is 42.8. The van der Waals surface area contributed by atoms with Crippen LogP contribution in [-0.4, -0.2) is 18.0 Å². The first-order chi connectivity index (χ1) is 19.9. The molecule has 0 radical (unpaired) electrons. The highest BCUT2D eigenvalue weighted by Gasteiger charge is 2.16. The summed E-state index contributed by atoms with van der Waals surface area (Å²) >= 11 is 0. The molecule has 5 aromatic carbocycles. The van der Waals surface area contributed by atoms with Gasteiger partial charge in [0.25, 0.3) is 0 Å². The van der Waals surface area contributed by atoms with Crippen LogP contribution in [0.1, 0.15) is 0 Å². The minimum Gasteiger partial charge on any atom is -0.436 e. The molecule has 0 aliphatic rings. The third-order valence-corrected chi connectivity index (χ3v) is 9.81. The maximum atomic E-state index is 5.93. The van der Waals surface area contributed by atoms with Crippen LogP contribution in [0, 0.1) is 0 Å². The summed E-state index contributed by atoms with van der Waals surface area (Å²) in [5.41, 5.74) is 10.7. The SMILES string of the molecule is C[Si](C)(C)c1ccc(-c2ccc(-c3ccc4cc(-c5ccc(-c6nc7ccccc7o6)cc5)cnc4c3)cc2)cc1. The molecule has 0 unspecified atom stereocenters. The van der Waals surface area contributed by atoms with Crippen LogP contribution >= 0.6 is 0 Å². The Morgan fingerprint density at radius 2 is 1.07 bits per heavy atom. The number of fused-ring (bicyclic) bond motifs is 2. The molecule has 0 aliphatic carbocycles. The van der Waals surface area contributed by atoms with Crippen LogP contribution in [0.3, 0.4) is 0 Å². The van der Waals surface area contributed by atoms with E-state index in [4.69, 9.17) is 9.40 Å². The smallest absolute Gasteiger partial charge is 0.227 e. The number of nitrogens with zero attached hydrogens (tertiary/aromatic N) is 2. The highest BCUT2D eigenvalue weighted by Crippen LogP contribution is 2.31. The monoisotopic (exact) mass is 546 g/mol. The summed E-state index contributed by atoms with van der Waals surface area (Å²) in [5, 5.41) is 2.61. The van der Waals surface area contributed by atoms with Crippen molar-refractivity contribution in [3.05, 3.63) is 128 Å². The normalized spacial score (nSPS) is 11.8. The molecule has 0 saturated carbocycles. The van der Waals surface area contributed by atoms with E-state index in [0.717, 1.165) is 38.7 Å². The Labute approximate surface area is 241 Å². The van der Waals surface area contributed by atoms with E-state index in [2.05, 4.69) is 122 Å². The highest BCUT2D eigenvalue weighted by atomic mass is 28.3. The quantitative estimate of drug-likeness (QED) is 0.202. The molecule has 7 aromatic rings. The lowest BCUT2D eigenvalue weighted by Gasteiger charge is -2.16. The van der Waals surface area contributed by atoms with Gasteiger partial charge < -0.3 is 4.42 Å². The van der Waals surface area contributed by atoms with Crippen LogP contribution in [0.4, 0.5) is 0 Å². The zero-order chi connectivity index (χ0) is 28.0. The first kappa shape index (κ1) is 25.2. The minimum absolute atomic E-state index is 0.634. The summed E-state index contributed by atoms with van der Waals surface area (Å²) < 4.78 is 5.93. The summed E-state index contributed by atoms with van der Waals surface area (Å²) in [6.07, 6.45) is 1.95. The Hall–Kier alpha value is -4.80. The molecule has 0 aliphatic heterocycles. The fraction of sp³-hybridized carbons (Fsp3) is 0.0811. The van der Waals surface area contributed by atoms with Gasteiger partial charge in [-0.2, -0.15) is 0 Å². The molecule has 0 amide bonds. The number of rotatable bonds is 5. The summed E-state index contributed by atoms with van der Waals surface area (Å²) in [6.45, 7) is 7.15. The first-order valence-electron chi connectivity index (χ1n) is 14.0. The molecule has 0 bridgehead atoms. The molecule has 7 rings (SSSR count). The average Bonchev–Trinajstić information content (AvgIpc) is 3.45. The third-order valence-electron chi connectivity index (χ3n) is 7.75. The molecule has 0 atom stereocenters. The van der Waals surface area contributed by atoms with E-state index in [1.165, 1.54) is 27.4 Å². The highest BCUT2D eigenvalue weighted by molar-refractivity contribution is 6.88. The van der Waals surface area contributed by atoms with Crippen molar-refractivity contribution < 1.29 is 4.42 Å². The number of oxazole rings is 1. The number of pyridine rings is 1. The lowest BCUT2D eigenvalue weighted by atomic mass is 9.98. The largest absolute Gasteiger partial charge is 0.436 e. The zero-order valence-corrected chi connectivity index (χ0v) is 24.4. The molecule has 3 nitrogen and oxygen atoms in total. The predicted octanol–water partition coefficient (Wildman–Crippen LogP) is 9.59. The van der Waals surface area contributed by atoms with Gasteiger partial charge in [0.1, 0.15) is 5.52 Å². The maximum absolute atomic E-state index is 5.93. The second kappa shape index (κ2) is 9.99. The van der Waals surface area contributed by atoms with Gasteiger partial charge in [0, 0.05) is 22.7 Å². The van der Waals surface area contributed by atoms with Gasteiger partial charge in [-0.3, -0.25) is 4.98 Å². The minimum atomic E-state index is -1.29. The third kappa shape index (κ3) is 4.99. The molecule has 2 aromatic heterocycles. The number of hydrogen-bond donors (Lipinski definition) is 0. The molecular formula is C37H30N2OSi. The van der Waals surface area contributed by atoms with E-state index < -0.39 is 8.07 Å². The van der Waals surface area contributed by atoms with E-state index in [1.54, 1.807) is 0 Å². The zero-order valence-electron chi connectivity index (χ0n) is 23.4. The van der Waals surface area contributed by atoms with Crippen LogP contribution < -0.4 is 5.19 Å². The van der Waals surface area contributed by atoms with Crippen molar-refractivity contribution in [2.45, 2.75) is 19.6 Å². The molecule has 0 saturated heterocycles. The van der Waals surface area contributed by atoms with Gasteiger partial charge in [-0.1, -0.05) is 110 Å². The summed E-state index contributed by atoms with van der Waals surface area (Å²) in [7, 11) is -1.29. The maximum Gasteiger partial charge on any atom is 0.227 e. The second-order valence-corrected chi connectivity index (χ2v) is 16.7. The van der Waals surface area contributed by atoms with Crippen LogP contribution in [0.15, 0.2) is 132 Å². The second-order valence-electron chi connectivity index (χ2n) is 11.6. The first-order valence-corrected chi connectivity index (χ1v) is 17.5. The number of hydrogen-bond acceptors (Lipinski definition) is 3. The lowest BCUT2D eigenvalue weighted by molar-refractivity contribution is 0.620. The van der Waals surface area contributed by atoms with Gasteiger partial charge in [0.05, 0.1) is 13.6 Å². The Kier molecular flexibility index (Phi) is 6.13. The Balaban J connectivity index is 1.11. The molecule has 4 heteroatoms. The molecular weight excluding hydrogens is 517 g/mol. The number of para-hydroxylation sites is 2. The van der Waals surface area contributed by atoms with Gasteiger partial charge in [0.2, 0.25) is 5.89 Å². The van der Waals surface area contributed by atoms with Crippen molar-refractivity contribution in [2.75, 3.05) is 0 Å². The average molecular weight is 547 g/mol. The van der Waals surface area contributed by atoms with Crippen LogP contribution in [-0.2, 0) is 0 Å². The van der Waals surface area contributed by atoms with Crippen molar-refractivity contribution in [2.24, 2.45) is 0 Å². The molecule has 0 spiro atoms. The summed E-state index contributed by atoms with van der Waals surface area (Å²) in [5.74, 6) is 0.634. The lowest BCUT2D eigenvalue weighted by Crippen LogP contribution is -2.37. The van der Waals surface area contributed by atoms with Gasteiger partial charge in [-0.25, -0.2) is 4.98 Å². The Morgan fingerprint density at radius 3 is 1.73 bits per heavy atom. The van der Waals surface area contributed by atoms with E-state index in [-0.39, 0.29) is 0 Å². The molecule has 0 fully saturated rings.